The Morgan fingerprint density at radius 2 is 1.60 bits per heavy atom. The Hall–Kier alpha value is -1.84. The van der Waals surface area contributed by atoms with Crippen molar-refractivity contribution in [1.29, 1.82) is 0 Å². The van der Waals surface area contributed by atoms with Crippen LogP contribution in [-0.2, 0) is 16.3 Å². The zero-order valence-electron chi connectivity index (χ0n) is 13.5. The Kier molecular flexibility index (Phi) is 6.44. The third kappa shape index (κ3) is 5.87. The van der Waals surface area contributed by atoms with Crippen molar-refractivity contribution in [3.8, 4) is 0 Å². The highest BCUT2D eigenvalue weighted by atomic mass is 35.5. The van der Waals surface area contributed by atoms with Crippen molar-refractivity contribution in [2.24, 2.45) is 0 Å². The van der Waals surface area contributed by atoms with Crippen LogP contribution >= 0.6 is 11.6 Å². The molecule has 0 bridgehead atoms. The number of rotatable bonds is 1. The number of benzene rings is 1. The maximum atomic E-state index is 12.0. The van der Waals surface area contributed by atoms with Gasteiger partial charge in [0.1, 0.15) is 11.0 Å². The molecule has 138 valence electrons. The van der Waals surface area contributed by atoms with Gasteiger partial charge in [-0.15, -0.1) is 0 Å². The fourth-order valence-electron chi connectivity index (χ4n) is 2.23. The summed E-state index contributed by atoms with van der Waals surface area (Å²) in [5.41, 5.74) is 6.29. The van der Waals surface area contributed by atoms with Crippen molar-refractivity contribution in [2.45, 2.75) is 31.8 Å². The number of aryl methyl sites for hydroxylation is 3. The van der Waals surface area contributed by atoms with E-state index in [0.717, 1.165) is 17.7 Å². The van der Waals surface area contributed by atoms with Gasteiger partial charge in [0.05, 0.1) is 10.5 Å². The van der Waals surface area contributed by atoms with E-state index < -0.39 is 27.0 Å². The molecule has 0 radical (unpaired) electrons. The zero-order chi connectivity index (χ0) is 19.6. The van der Waals surface area contributed by atoms with Crippen molar-refractivity contribution < 1.29 is 26.1 Å². The number of nitrogens with two attached hydrogens (primary N) is 1. The fraction of sp³-hybridized carbons (Fsp3) is 0.267. The molecule has 0 spiro atoms. The average Bonchev–Trinajstić information content (AvgIpc) is 2.33. The van der Waals surface area contributed by atoms with Crippen LogP contribution in [0.2, 0.25) is 5.15 Å². The molecule has 2 rings (SSSR count). The second-order valence-electron chi connectivity index (χ2n) is 5.28. The Bertz CT molecular complexity index is 861. The van der Waals surface area contributed by atoms with Gasteiger partial charge in [0, 0.05) is 0 Å². The van der Waals surface area contributed by atoms with Crippen molar-refractivity contribution >= 4 is 27.5 Å². The van der Waals surface area contributed by atoms with Gasteiger partial charge < -0.3 is 5.73 Å². The third-order valence-corrected chi connectivity index (χ3v) is 4.49. The molecule has 5 nitrogen and oxygen atoms in total. The molecule has 1 aromatic heterocycles. The average molecular weight is 397 g/mol. The van der Waals surface area contributed by atoms with Gasteiger partial charge in [-0.3, -0.25) is 4.55 Å². The van der Waals surface area contributed by atoms with Gasteiger partial charge in [-0.2, -0.15) is 21.6 Å². The number of alkyl halides is 3. The van der Waals surface area contributed by atoms with Crippen LogP contribution in [0.5, 0.6) is 0 Å². The van der Waals surface area contributed by atoms with Crippen LogP contribution in [0, 0.1) is 20.8 Å². The van der Waals surface area contributed by atoms with Gasteiger partial charge in [0.2, 0.25) is 0 Å². The first kappa shape index (κ1) is 21.2. The van der Waals surface area contributed by atoms with E-state index in [9.17, 15) is 21.6 Å². The number of hydrogen-bond donors (Lipinski definition) is 2. The Morgan fingerprint density at radius 1 is 1.12 bits per heavy atom. The molecule has 25 heavy (non-hydrogen) atoms. The summed E-state index contributed by atoms with van der Waals surface area (Å²) < 4.78 is 66.8. The number of nitrogen functional groups attached to an aromatic ring is 1. The predicted molar refractivity (Wildman–Crippen MR) is 89.1 cm³/mol. The van der Waals surface area contributed by atoms with E-state index in [1.165, 1.54) is 0 Å². The second-order valence-corrected chi connectivity index (χ2v) is 6.99. The topological polar surface area (TPSA) is 93.3 Å². The summed E-state index contributed by atoms with van der Waals surface area (Å²) in [5, 5.41) is -0.623. The summed E-state index contributed by atoms with van der Waals surface area (Å²) in [6.45, 7) is 5.22. The van der Waals surface area contributed by atoms with Crippen LogP contribution < -0.4 is 5.73 Å². The number of anilines is 1. The monoisotopic (exact) mass is 396 g/mol. The predicted octanol–water partition coefficient (Wildman–Crippen LogP) is 4.19. The van der Waals surface area contributed by atoms with E-state index in [1.807, 2.05) is 6.92 Å². The number of nitrogens with zero attached hydrogens (tertiary/aromatic N) is 1. The number of hydrogen-bond acceptors (Lipinski definition) is 4. The van der Waals surface area contributed by atoms with E-state index in [-0.39, 0.29) is 10.7 Å². The van der Waals surface area contributed by atoms with Gasteiger partial charge in [-0.25, -0.2) is 4.98 Å². The standard InChI is InChI=1S/C9H12O3S.C6H4ClF3N2/c1-6-4-7(2)9(8(3)5-6)13(10,11)12;7-5-3(6(8,9)10)1-2-4(11)12-5/h4-5H,1-3H3,(H,10,11,12);1-2H,(H2,11,12). The molecule has 3 N–H and O–H groups in total. The zero-order valence-corrected chi connectivity index (χ0v) is 15.1. The molecule has 0 aliphatic heterocycles. The van der Waals surface area contributed by atoms with Crippen molar-refractivity contribution in [3.05, 3.63) is 51.7 Å². The summed E-state index contributed by atoms with van der Waals surface area (Å²) in [6.07, 6.45) is -4.47. The first-order chi connectivity index (χ1) is 11.2. The quantitative estimate of drug-likeness (QED) is 0.556. The Morgan fingerprint density at radius 3 is 1.96 bits per heavy atom. The normalized spacial score (nSPS) is 11.7. The van der Waals surface area contributed by atoms with Crippen molar-refractivity contribution in [3.63, 3.8) is 0 Å². The molecule has 0 aliphatic carbocycles. The van der Waals surface area contributed by atoms with Gasteiger partial charge in [-0.1, -0.05) is 29.3 Å². The summed E-state index contributed by atoms with van der Waals surface area (Å²) in [5.74, 6) is -0.0343. The molecule has 0 aliphatic rings. The SMILES string of the molecule is Cc1cc(C)c(S(=O)(=O)O)c(C)c1.Nc1ccc(C(F)(F)F)c(Cl)n1. The van der Waals surface area contributed by atoms with Crippen LogP contribution in [-0.4, -0.2) is 18.0 Å². The molecule has 0 unspecified atom stereocenters. The van der Waals surface area contributed by atoms with Crippen molar-refractivity contribution in [1.82, 2.24) is 4.98 Å². The molecule has 0 fully saturated rings. The van der Waals surface area contributed by atoms with E-state index in [2.05, 4.69) is 4.98 Å². The van der Waals surface area contributed by atoms with Gasteiger partial charge >= 0.3 is 6.18 Å². The summed E-state index contributed by atoms with van der Waals surface area (Å²) in [6, 6.07) is 5.31. The lowest BCUT2D eigenvalue weighted by Crippen LogP contribution is -2.07. The van der Waals surface area contributed by atoms with Gasteiger partial charge in [-0.05, 0) is 44.0 Å². The van der Waals surface area contributed by atoms with E-state index in [4.69, 9.17) is 21.9 Å². The van der Waals surface area contributed by atoms with Crippen LogP contribution in [0.4, 0.5) is 19.0 Å². The van der Waals surface area contributed by atoms with E-state index in [1.54, 1.807) is 26.0 Å². The molecule has 0 atom stereocenters. The largest absolute Gasteiger partial charge is 0.419 e. The molecule has 0 amide bonds. The van der Waals surface area contributed by atoms with E-state index >= 15 is 0 Å². The minimum absolute atomic E-state index is 0.0260. The summed E-state index contributed by atoms with van der Waals surface area (Å²) in [7, 11) is -4.08. The first-order valence-corrected chi connectivity index (χ1v) is 8.60. The maximum absolute atomic E-state index is 12.0. The molecule has 2 aromatic rings. The highest BCUT2D eigenvalue weighted by molar-refractivity contribution is 7.86. The number of aromatic nitrogens is 1. The van der Waals surface area contributed by atoms with Crippen LogP contribution in [0.15, 0.2) is 29.2 Å². The lowest BCUT2D eigenvalue weighted by Gasteiger charge is -2.07. The van der Waals surface area contributed by atoms with Gasteiger partial charge in [0.25, 0.3) is 10.1 Å². The van der Waals surface area contributed by atoms with Crippen LogP contribution in [0.25, 0.3) is 0 Å². The molecule has 1 heterocycles. The smallest absolute Gasteiger partial charge is 0.384 e. The highest BCUT2D eigenvalue weighted by Gasteiger charge is 2.33. The number of halogens is 4. The van der Waals surface area contributed by atoms with Crippen LogP contribution in [0.3, 0.4) is 0 Å². The van der Waals surface area contributed by atoms with Gasteiger partial charge in [0.15, 0.2) is 0 Å². The minimum Gasteiger partial charge on any atom is -0.384 e. The number of pyridine rings is 1. The molecular weight excluding hydrogens is 381 g/mol. The fourth-order valence-corrected chi connectivity index (χ4v) is 3.43. The first-order valence-electron chi connectivity index (χ1n) is 6.78. The highest BCUT2D eigenvalue weighted by Crippen LogP contribution is 2.33. The lowest BCUT2D eigenvalue weighted by atomic mass is 10.1. The molecule has 0 saturated heterocycles. The molecule has 0 saturated carbocycles. The molecule has 10 heteroatoms. The maximum Gasteiger partial charge on any atom is 0.419 e. The van der Waals surface area contributed by atoms with Crippen molar-refractivity contribution in [2.75, 3.05) is 5.73 Å². The third-order valence-electron chi connectivity index (χ3n) is 3.04. The van der Waals surface area contributed by atoms with Crippen LogP contribution in [0.1, 0.15) is 22.3 Å². The Labute approximate surface area is 148 Å². The molecular formula is C15H16ClF3N2O3S. The lowest BCUT2D eigenvalue weighted by molar-refractivity contribution is -0.137. The second kappa shape index (κ2) is 7.59. The minimum atomic E-state index is -4.47. The van der Waals surface area contributed by atoms with E-state index in [0.29, 0.717) is 11.1 Å². The summed E-state index contributed by atoms with van der Waals surface area (Å²) in [4.78, 5) is 3.29. The Balaban J connectivity index is 0.000000251. The molecule has 1 aromatic carbocycles. The summed E-state index contributed by atoms with van der Waals surface area (Å²) >= 11 is 5.20.